The van der Waals surface area contributed by atoms with Crippen LogP contribution >= 0.6 is 0 Å². The van der Waals surface area contributed by atoms with Gasteiger partial charge < -0.3 is 15.0 Å². The van der Waals surface area contributed by atoms with Crippen LogP contribution in [0.4, 0.5) is 20.2 Å². The summed E-state index contributed by atoms with van der Waals surface area (Å²) in [4.78, 5) is 14.3. The van der Waals surface area contributed by atoms with Gasteiger partial charge in [0.2, 0.25) is 0 Å². The highest BCUT2D eigenvalue weighted by atomic mass is 32.2. The van der Waals surface area contributed by atoms with E-state index in [0.717, 1.165) is 12.1 Å². The van der Waals surface area contributed by atoms with E-state index < -0.39 is 26.6 Å². The predicted molar refractivity (Wildman–Crippen MR) is 122 cm³/mol. The summed E-state index contributed by atoms with van der Waals surface area (Å²) in [5, 5.41) is 2.74. The SMILES string of the molecule is CN(C)CCOc1ccccc1C(=O)Nc1ccc(NS(=O)(=O)c2ccc(F)c(F)c2)cc1. The molecular weight excluding hydrogens is 452 g/mol. The lowest BCUT2D eigenvalue weighted by molar-refractivity contribution is 0.102. The lowest BCUT2D eigenvalue weighted by Gasteiger charge is -2.14. The molecule has 0 aliphatic carbocycles. The zero-order valence-electron chi connectivity index (χ0n) is 18.0. The molecule has 0 spiro atoms. The highest BCUT2D eigenvalue weighted by Crippen LogP contribution is 2.22. The van der Waals surface area contributed by atoms with Gasteiger partial charge in [-0.05, 0) is 68.7 Å². The summed E-state index contributed by atoms with van der Waals surface area (Å²) in [6, 6.07) is 15.1. The standard InChI is InChI=1S/C23H23F2N3O4S/c1-28(2)13-14-32-22-6-4-3-5-19(22)23(29)26-16-7-9-17(10-8-16)27-33(30,31)18-11-12-20(24)21(25)15-18/h3-12,15,27H,13-14H2,1-2H3,(H,26,29). The number of sulfonamides is 1. The van der Waals surface area contributed by atoms with Crippen molar-refractivity contribution in [1.82, 2.24) is 4.90 Å². The minimum absolute atomic E-state index is 0.185. The Hall–Kier alpha value is -3.50. The number of benzene rings is 3. The van der Waals surface area contributed by atoms with Crippen molar-refractivity contribution in [2.24, 2.45) is 0 Å². The Kier molecular flexibility index (Phi) is 7.62. The molecule has 174 valence electrons. The molecule has 0 aliphatic rings. The third-order valence-electron chi connectivity index (χ3n) is 4.52. The molecule has 7 nitrogen and oxygen atoms in total. The quantitative estimate of drug-likeness (QED) is 0.489. The molecule has 0 bridgehead atoms. The van der Waals surface area contributed by atoms with Crippen LogP contribution in [-0.2, 0) is 10.0 Å². The minimum Gasteiger partial charge on any atom is -0.491 e. The van der Waals surface area contributed by atoms with E-state index in [1.807, 2.05) is 19.0 Å². The van der Waals surface area contributed by atoms with Crippen molar-refractivity contribution in [3.63, 3.8) is 0 Å². The van der Waals surface area contributed by atoms with Crippen molar-refractivity contribution in [3.05, 3.63) is 83.9 Å². The topological polar surface area (TPSA) is 87.7 Å². The summed E-state index contributed by atoms with van der Waals surface area (Å²) < 4.78 is 59.2. The van der Waals surface area contributed by atoms with Crippen LogP contribution in [0.3, 0.4) is 0 Å². The Morgan fingerprint density at radius 1 is 0.939 bits per heavy atom. The molecule has 0 unspecified atom stereocenters. The number of carbonyl (C=O) groups excluding carboxylic acids is 1. The summed E-state index contributed by atoms with van der Waals surface area (Å²) >= 11 is 0. The van der Waals surface area contributed by atoms with E-state index in [1.165, 1.54) is 24.3 Å². The van der Waals surface area contributed by atoms with Gasteiger partial charge in [-0.2, -0.15) is 0 Å². The van der Waals surface area contributed by atoms with E-state index in [4.69, 9.17) is 4.74 Å². The van der Waals surface area contributed by atoms with Gasteiger partial charge in [-0.25, -0.2) is 17.2 Å². The zero-order chi connectivity index (χ0) is 24.0. The first kappa shape index (κ1) is 24.1. The third-order valence-corrected chi connectivity index (χ3v) is 5.90. The molecule has 33 heavy (non-hydrogen) atoms. The first-order valence-corrected chi connectivity index (χ1v) is 11.4. The van der Waals surface area contributed by atoms with Gasteiger partial charge in [0.25, 0.3) is 15.9 Å². The van der Waals surface area contributed by atoms with Crippen molar-refractivity contribution in [2.75, 3.05) is 37.3 Å². The molecule has 10 heteroatoms. The maximum Gasteiger partial charge on any atom is 0.261 e. The van der Waals surface area contributed by atoms with Crippen molar-refractivity contribution in [2.45, 2.75) is 4.90 Å². The van der Waals surface area contributed by atoms with E-state index in [-0.39, 0.29) is 11.6 Å². The number of anilines is 2. The Balaban J connectivity index is 1.67. The molecule has 0 aliphatic heterocycles. The monoisotopic (exact) mass is 475 g/mol. The number of para-hydroxylation sites is 1. The summed E-state index contributed by atoms with van der Waals surface area (Å²) in [6.07, 6.45) is 0. The van der Waals surface area contributed by atoms with Gasteiger partial charge in [0.05, 0.1) is 10.5 Å². The van der Waals surface area contributed by atoms with Crippen LogP contribution in [0.1, 0.15) is 10.4 Å². The molecule has 2 N–H and O–H groups in total. The molecule has 0 saturated carbocycles. The van der Waals surface area contributed by atoms with Gasteiger partial charge in [0, 0.05) is 17.9 Å². The fourth-order valence-electron chi connectivity index (χ4n) is 2.80. The second-order valence-corrected chi connectivity index (χ2v) is 9.04. The number of rotatable bonds is 9. The third kappa shape index (κ3) is 6.50. The molecule has 0 aromatic heterocycles. The van der Waals surface area contributed by atoms with Crippen LogP contribution in [0.25, 0.3) is 0 Å². The van der Waals surface area contributed by atoms with Gasteiger partial charge >= 0.3 is 0 Å². The van der Waals surface area contributed by atoms with Crippen molar-refractivity contribution < 1.29 is 26.7 Å². The normalized spacial score (nSPS) is 11.3. The maximum atomic E-state index is 13.4. The second-order valence-electron chi connectivity index (χ2n) is 7.36. The van der Waals surface area contributed by atoms with Crippen LogP contribution in [0.15, 0.2) is 71.6 Å². The van der Waals surface area contributed by atoms with Crippen LogP contribution in [0.5, 0.6) is 5.75 Å². The number of hydrogen-bond donors (Lipinski definition) is 2. The first-order valence-electron chi connectivity index (χ1n) is 9.91. The van der Waals surface area contributed by atoms with Crippen molar-refractivity contribution >= 4 is 27.3 Å². The number of carbonyl (C=O) groups is 1. The molecule has 0 heterocycles. The first-order chi connectivity index (χ1) is 15.7. The second kappa shape index (κ2) is 10.4. The lowest BCUT2D eigenvalue weighted by atomic mass is 10.2. The molecule has 3 rings (SSSR count). The van der Waals surface area contributed by atoms with Crippen LogP contribution in [0, 0.1) is 11.6 Å². The molecule has 0 atom stereocenters. The number of halogens is 2. The molecule has 3 aromatic carbocycles. The van der Waals surface area contributed by atoms with E-state index in [2.05, 4.69) is 10.0 Å². The van der Waals surface area contributed by atoms with E-state index >= 15 is 0 Å². The molecule has 1 amide bonds. The minimum atomic E-state index is -4.12. The largest absolute Gasteiger partial charge is 0.491 e. The number of nitrogens with one attached hydrogen (secondary N) is 2. The van der Waals surface area contributed by atoms with Gasteiger partial charge in [-0.1, -0.05) is 12.1 Å². The molecule has 0 radical (unpaired) electrons. The smallest absolute Gasteiger partial charge is 0.261 e. The molecule has 0 saturated heterocycles. The maximum absolute atomic E-state index is 13.4. The van der Waals surface area contributed by atoms with E-state index in [0.29, 0.717) is 36.2 Å². The fraction of sp³-hybridized carbons (Fsp3) is 0.174. The highest BCUT2D eigenvalue weighted by Gasteiger charge is 2.17. The van der Waals surface area contributed by atoms with Crippen LogP contribution < -0.4 is 14.8 Å². The average molecular weight is 476 g/mol. The Morgan fingerprint density at radius 3 is 2.27 bits per heavy atom. The number of amides is 1. The molecule has 3 aromatic rings. The molecule has 0 fully saturated rings. The average Bonchev–Trinajstić information content (AvgIpc) is 2.77. The summed E-state index contributed by atoms with van der Waals surface area (Å²) in [6.45, 7) is 1.11. The van der Waals surface area contributed by atoms with Gasteiger partial charge in [0.1, 0.15) is 12.4 Å². The number of hydrogen-bond acceptors (Lipinski definition) is 5. The van der Waals surface area contributed by atoms with Gasteiger partial charge in [0.15, 0.2) is 11.6 Å². The van der Waals surface area contributed by atoms with Crippen LogP contribution in [-0.4, -0.2) is 46.5 Å². The Bertz CT molecular complexity index is 1230. The number of nitrogens with zero attached hydrogens (tertiary/aromatic N) is 1. The van der Waals surface area contributed by atoms with Crippen molar-refractivity contribution in [3.8, 4) is 5.75 Å². The summed E-state index contributed by atoms with van der Waals surface area (Å²) in [7, 11) is -0.276. The van der Waals surface area contributed by atoms with E-state index in [9.17, 15) is 22.0 Å². The summed E-state index contributed by atoms with van der Waals surface area (Å²) in [5.74, 6) is -2.33. The Labute approximate surface area is 191 Å². The predicted octanol–water partition coefficient (Wildman–Crippen LogP) is 3.96. The summed E-state index contributed by atoms with van der Waals surface area (Å²) in [5.41, 5.74) is 0.975. The Morgan fingerprint density at radius 2 is 1.61 bits per heavy atom. The zero-order valence-corrected chi connectivity index (χ0v) is 18.8. The number of ether oxygens (including phenoxy) is 1. The highest BCUT2D eigenvalue weighted by molar-refractivity contribution is 7.92. The van der Waals surface area contributed by atoms with Gasteiger partial charge in [-0.15, -0.1) is 0 Å². The van der Waals surface area contributed by atoms with Crippen molar-refractivity contribution in [1.29, 1.82) is 0 Å². The van der Waals surface area contributed by atoms with Gasteiger partial charge in [-0.3, -0.25) is 9.52 Å². The van der Waals surface area contributed by atoms with E-state index in [1.54, 1.807) is 24.3 Å². The number of likely N-dealkylation sites (N-methyl/N-ethyl adjacent to an activating group) is 1. The fourth-order valence-corrected chi connectivity index (χ4v) is 3.87. The lowest BCUT2D eigenvalue weighted by Crippen LogP contribution is -2.20. The van der Waals surface area contributed by atoms with Crippen LogP contribution in [0.2, 0.25) is 0 Å². The molecular formula is C23H23F2N3O4S.